The topological polar surface area (TPSA) is 110 Å². The monoisotopic (exact) mass is 277 g/mol. The molecule has 0 spiro atoms. The zero-order valence-corrected chi connectivity index (χ0v) is 10.7. The molecule has 0 fully saturated rings. The van der Waals surface area contributed by atoms with E-state index in [0.717, 1.165) is 6.21 Å². The van der Waals surface area contributed by atoms with E-state index in [2.05, 4.69) is 4.99 Å². The molecule has 1 aliphatic carbocycles. The average molecular weight is 277 g/mol. The van der Waals surface area contributed by atoms with E-state index in [4.69, 9.17) is 15.3 Å². The quantitative estimate of drug-likeness (QED) is 0.563. The molecule has 0 saturated heterocycles. The number of aliphatic imine (C=N–C) groups is 1. The van der Waals surface area contributed by atoms with Gasteiger partial charge in [0, 0.05) is 17.3 Å². The van der Waals surface area contributed by atoms with Gasteiger partial charge in [0.1, 0.15) is 11.3 Å². The number of aliphatic hydroxyl groups is 4. The number of rotatable bonds is 5. The molecule has 0 atom stereocenters. The van der Waals surface area contributed by atoms with Crippen LogP contribution in [0.5, 0.6) is 0 Å². The summed E-state index contributed by atoms with van der Waals surface area (Å²) in [5.74, 6) is -0.582. The Balaban J connectivity index is 2.37. The first-order valence-corrected chi connectivity index (χ1v) is 6.03. The van der Waals surface area contributed by atoms with Crippen molar-refractivity contribution in [2.24, 2.45) is 4.99 Å². The van der Waals surface area contributed by atoms with Gasteiger partial charge in [-0.2, -0.15) is 0 Å². The fourth-order valence-corrected chi connectivity index (χ4v) is 1.88. The van der Waals surface area contributed by atoms with Gasteiger partial charge in [0.05, 0.1) is 25.4 Å². The van der Waals surface area contributed by atoms with Crippen molar-refractivity contribution < 1.29 is 25.2 Å². The minimum Gasteiger partial charge on any atom is -0.506 e. The smallest absolute Gasteiger partial charge is 0.199 e. The van der Waals surface area contributed by atoms with Gasteiger partial charge < -0.3 is 20.4 Å². The summed E-state index contributed by atoms with van der Waals surface area (Å²) in [6.07, 6.45) is 1.08. The molecule has 0 amide bonds. The molecule has 1 aromatic carbocycles. The summed E-state index contributed by atoms with van der Waals surface area (Å²) in [7, 11) is 0. The Labute approximate surface area is 115 Å². The van der Waals surface area contributed by atoms with E-state index in [1.807, 2.05) is 0 Å². The van der Waals surface area contributed by atoms with E-state index in [0.29, 0.717) is 11.1 Å². The zero-order chi connectivity index (χ0) is 14.8. The molecule has 1 aromatic rings. The Kier molecular flexibility index (Phi) is 3.99. The highest BCUT2D eigenvalue weighted by Crippen LogP contribution is 2.30. The molecule has 106 valence electrons. The molecule has 0 heterocycles. The second-order valence-corrected chi connectivity index (χ2v) is 4.59. The van der Waals surface area contributed by atoms with E-state index >= 15 is 0 Å². The van der Waals surface area contributed by atoms with Crippen LogP contribution in [0, 0.1) is 0 Å². The molecule has 2 rings (SSSR count). The number of fused-ring (bicyclic) bond motifs is 1. The number of carbonyl (C=O) groups excluding carboxylic acids is 1. The molecule has 6 nitrogen and oxygen atoms in total. The largest absolute Gasteiger partial charge is 0.506 e. The molecule has 0 radical (unpaired) electrons. The maximum atomic E-state index is 12.1. The molecule has 0 unspecified atom stereocenters. The highest BCUT2D eigenvalue weighted by Gasteiger charge is 2.30. The van der Waals surface area contributed by atoms with Gasteiger partial charge in [0.2, 0.25) is 0 Å². The van der Waals surface area contributed by atoms with Crippen LogP contribution in [0.4, 0.5) is 0 Å². The minimum absolute atomic E-state index is 0.0223. The fraction of sp³-hybridized carbons (Fsp3) is 0.286. The van der Waals surface area contributed by atoms with Gasteiger partial charge in [0.25, 0.3) is 0 Å². The van der Waals surface area contributed by atoms with Crippen LogP contribution in [-0.4, -0.2) is 57.8 Å². The Morgan fingerprint density at radius 2 is 1.60 bits per heavy atom. The van der Waals surface area contributed by atoms with Crippen molar-refractivity contribution in [1.29, 1.82) is 0 Å². The van der Waals surface area contributed by atoms with Crippen LogP contribution >= 0.6 is 0 Å². The Morgan fingerprint density at radius 3 is 2.10 bits per heavy atom. The van der Waals surface area contributed by atoms with Crippen LogP contribution < -0.4 is 0 Å². The third kappa shape index (κ3) is 2.24. The normalized spacial score (nSPS) is 15.2. The molecule has 0 bridgehead atoms. The molecule has 0 saturated carbocycles. The number of Topliss-reactive ketones (excluding diaryl/α,β-unsaturated/α-hetero) is 1. The first-order chi connectivity index (χ1) is 9.58. The predicted molar refractivity (Wildman–Crippen MR) is 72.8 cm³/mol. The molecule has 20 heavy (non-hydrogen) atoms. The Morgan fingerprint density at radius 1 is 1.05 bits per heavy atom. The Hall–Kier alpha value is -2.02. The number of benzene rings is 1. The lowest BCUT2D eigenvalue weighted by Gasteiger charge is -2.21. The lowest BCUT2D eigenvalue weighted by atomic mass is 10.0. The third-order valence-corrected chi connectivity index (χ3v) is 3.28. The summed E-state index contributed by atoms with van der Waals surface area (Å²) < 4.78 is 0. The van der Waals surface area contributed by atoms with Crippen LogP contribution in [0.3, 0.4) is 0 Å². The maximum Gasteiger partial charge on any atom is 0.199 e. The number of allylic oxidation sites excluding steroid dienone is 1. The van der Waals surface area contributed by atoms with E-state index in [-0.39, 0.29) is 17.1 Å². The van der Waals surface area contributed by atoms with E-state index in [1.54, 1.807) is 24.3 Å². The summed E-state index contributed by atoms with van der Waals surface area (Å²) in [5, 5.41) is 37.5. The number of aliphatic hydroxyl groups excluding tert-OH is 4. The molecule has 6 heteroatoms. The minimum atomic E-state index is -1.47. The van der Waals surface area contributed by atoms with Crippen molar-refractivity contribution in [3.8, 4) is 0 Å². The lowest BCUT2D eigenvalue weighted by molar-refractivity contribution is 0.0717. The molecule has 0 aliphatic heterocycles. The average Bonchev–Trinajstić information content (AvgIpc) is 2.74. The van der Waals surface area contributed by atoms with Gasteiger partial charge in [-0.3, -0.25) is 9.79 Å². The zero-order valence-electron chi connectivity index (χ0n) is 10.7. The van der Waals surface area contributed by atoms with Gasteiger partial charge in [-0.05, 0) is 0 Å². The highest BCUT2D eigenvalue weighted by atomic mass is 16.3. The van der Waals surface area contributed by atoms with Gasteiger partial charge in [0.15, 0.2) is 5.78 Å². The molecule has 1 aliphatic rings. The van der Waals surface area contributed by atoms with Crippen molar-refractivity contribution in [3.63, 3.8) is 0 Å². The molecular weight excluding hydrogens is 262 g/mol. The summed E-state index contributed by atoms with van der Waals surface area (Å²) in [6, 6.07) is 6.58. The summed E-state index contributed by atoms with van der Waals surface area (Å²) in [6.45, 7) is -1.73. The van der Waals surface area contributed by atoms with Gasteiger partial charge >= 0.3 is 0 Å². The van der Waals surface area contributed by atoms with Gasteiger partial charge in [-0.1, -0.05) is 24.3 Å². The van der Waals surface area contributed by atoms with Crippen molar-refractivity contribution in [3.05, 3.63) is 41.0 Å². The van der Waals surface area contributed by atoms with Crippen molar-refractivity contribution in [1.82, 2.24) is 0 Å². The second-order valence-electron chi connectivity index (χ2n) is 4.59. The van der Waals surface area contributed by atoms with Crippen LogP contribution in [0.2, 0.25) is 0 Å². The van der Waals surface area contributed by atoms with Gasteiger partial charge in [-0.25, -0.2) is 0 Å². The van der Waals surface area contributed by atoms with Crippen molar-refractivity contribution in [2.45, 2.75) is 5.54 Å². The van der Waals surface area contributed by atoms with E-state index in [1.165, 1.54) is 0 Å². The van der Waals surface area contributed by atoms with Crippen LogP contribution in [-0.2, 0) is 0 Å². The lowest BCUT2D eigenvalue weighted by Crippen LogP contribution is -2.39. The highest BCUT2D eigenvalue weighted by molar-refractivity contribution is 6.30. The SMILES string of the molecule is O=C1C(C=NC(CO)(CO)CO)=C(O)c2ccccc21. The van der Waals surface area contributed by atoms with Crippen LogP contribution in [0.25, 0.3) is 5.76 Å². The molecular formula is C14H15NO5. The van der Waals surface area contributed by atoms with E-state index < -0.39 is 25.4 Å². The summed E-state index contributed by atoms with van der Waals surface area (Å²) >= 11 is 0. The first-order valence-electron chi connectivity index (χ1n) is 6.03. The van der Waals surface area contributed by atoms with Crippen molar-refractivity contribution >= 4 is 17.8 Å². The third-order valence-electron chi connectivity index (χ3n) is 3.28. The molecule has 0 aromatic heterocycles. The van der Waals surface area contributed by atoms with Gasteiger partial charge in [-0.15, -0.1) is 0 Å². The number of hydrogen-bond donors (Lipinski definition) is 4. The molecule has 4 N–H and O–H groups in total. The number of hydrogen-bond acceptors (Lipinski definition) is 6. The summed E-state index contributed by atoms with van der Waals surface area (Å²) in [5.41, 5.74) is -0.705. The Bertz CT molecular complexity index is 579. The first kappa shape index (κ1) is 14.4. The maximum absolute atomic E-state index is 12.1. The van der Waals surface area contributed by atoms with E-state index in [9.17, 15) is 9.90 Å². The number of carbonyl (C=O) groups is 1. The number of nitrogens with zero attached hydrogens (tertiary/aromatic N) is 1. The fourth-order valence-electron chi connectivity index (χ4n) is 1.88. The van der Waals surface area contributed by atoms with Crippen LogP contribution in [0.15, 0.2) is 34.8 Å². The van der Waals surface area contributed by atoms with Crippen molar-refractivity contribution in [2.75, 3.05) is 19.8 Å². The standard InChI is InChI=1S/C14H15NO5/c16-6-14(7-17,8-18)15-5-11-12(19)9-3-1-2-4-10(9)13(11)20/h1-5,16-19H,6-8H2. The second kappa shape index (κ2) is 5.54. The van der Waals surface area contributed by atoms with Crippen LogP contribution in [0.1, 0.15) is 15.9 Å². The summed E-state index contributed by atoms with van der Waals surface area (Å²) in [4.78, 5) is 16.0. The number of ketones is 1. The predicted octanol–water partition coefficient (Wildman–Crippen LogP) is -0.0615.